The summed E-state index contributed by atoms with van der Waals surface area (Å²) in [6.45, 7) is 3.22. The molecule has 0 amide bonds. The third-order valence-electron chi connectivity index (χ3n) is 3.58. The van der Waals surface area contributed by atoms with Crippen molar-refractivity contribution in [2.24, 2.45) is 0 Å². The summed E-state index contributed by atoms with van der Waals surface area (Å²) in [5, 5.41) is 3.62. The molecule has 0 saturated heterocycles. The fourth-order valence-corrected chi connectivity index (χ4v) is 2.47. The smallest absolute Gasteiger partial charge is 0.140 e. The van der Waals surface area contributed by atoms with E-state index in [0.717, 1.165) is 37.3 Å². The van der Waals surface area contributed by atoms with Crippen LogP contribution in [-0.2, 0) is 6.42 Å². The molecule has 1 heterocycles. The van der Waals surface area contributed by atoms with E-state index < -0.39 is 0 Å². The minimum Gasteiger partial charge on any atom is -0.495 e. The summed E-state index contributed by atoms with van der Waals surface area (Å²) in [5.74, 6) is 0.875. The Hall–Kier alpha value is -1.87. The lowest BCUT2D eigenvalue weighted by Crippen LogP contribution is -2.22. The number of pyridine rings is 1. The Balaban J connectivity index is 2.05. The number of methoxy groups -OCH3 is 1. The van der Waals surface area contributed by atoms with Crippen LogP contribution in [0, 0.1) is 0 Å². The second-order valence-electron chi connectivity index (χ2n) is 5.11. The molecule has 0 spiro atoms. The molecule has 0 saturated carbocycles. The van der Waals surface area contributed by atoms with E-state index in [9.17, 15) is 0 Å². The fourth-order valence-electron chi connectivity index (χ4n) is 2.47. The van der Waals surface area contributed by atoms with E-state index in [4.69, 9.17) is 4.74 Å². The van der Waals surface area contributed by atoms with Crippen molar-refractivity contribution in [3.05, 3.63) is 59.9 Å². The molecule has 2 aromatic rings. The molecule has 2 rings (SSSR count). The maximum atomic E-state index is 5.38. The van der Waals surface area contributed by atoms with Gasteiger partial charge >= 0.3 is 0 Å². The van der Waals surface area contributed by atoms with Crippen LogP contribution < -0.4 is 10.1 Å². The Labute approximate surface area is 127 Å². The Morgan fingerprint density at radius 1 is 1.14 bits per heavy atom. The number of nitrogens with one attached hydrogen (secondary N) is 1. The third-order valence-corrected chi connectivity index (χ3v) is 3.58. The first-order chi connectivity index (χ1) is 10.3. The molecule has 3 nitrogen and oxygen atoms in total. The number of hydrogen-bond donors (Lipinski definition) is 1. The summed E-state index contributed by atoms with van der Waals surface area (Å²) >= 11 is 0. The molecule has 1 atom stereocenters. The summed E-state index contributed by atoms with van der Waals surface area (Å²) in [6, 6.07) is 14.9. The van der Waals surface area contributed by atoms with Gasteiger partial charge in [-0.3, -0.25) is 4.98 Å². The van der Waals surface area contributed by atoms with Gasteiger partial charge in [-0.1, -0.05) is 37.3 Å². The molecule has 0 fully saturated rings. The van der Waals surface area contributed by atoms with Crippen molar-refractivity contribution in [1.29, 1.82) is 0 Å². The molecule has 1 N–H and O–H groups in total. The molecule has 1 aromatic carbocycles. The van der Waals surface area contributed by atoms with Gasteiger partial charge in [0.2, 0.25) is 0 Å². The first-order valence-corrected chi connectivity index (χ1v) is 7.61. The van der Waals surface area contributed by atoms with Gasteiger partial charge in [-0.25, -0.2) is 0 Å². The van der Waals surface area contributed by atoms with Crippen LogP contribution >= 0.6 is 0 Å². The number of rotatable bonds is 8. The Kier molecular flexibility index (Phi) is 6.22. The van der Waals surface area contributed by atoms with Crippen molar-refractivity contribution in [3.8, 4) is 5.75 Å². The van der Waals surface area contributed by atoms with Gasteiger partial charge in [-0.15, -0.1) is 0 Å². The van der Waals surface area contributed by atoms with Gasteiger partial charge in [0.05, 0.1) is 12.8 Å². The van der Waals surface area contributed by atoms with E-state index in [0.29, 0.717) is 6.04 Å². The topological polar surface area (TPSA) is 34.2 Å². The summed E-state index contributed by atoms with van der Waals surface area (Å²) in [7, 11) is 1.70. The van der Waals surface area contributed by atoms with E-state index in [1.54, 1.807) is 7.11 Å². The monoisotopic (exact) mass is 284 g/mol. The molecule has 0 aliphatic heterocycles. The maximum absolute atomic E-state index is 5.38. The van der Waals surface area contributed by atoms with Crippen LogP contribution in [0.25, 0.3) is 0 Å². The molecule has 1 unspecified atom stereocenters. The Morgan fingerprint density at radius 2 is 1.95 bits per heavy atom. The van der Waals surface area contributed by atoms with Crippen LogP contribution in [0.15, 0.2) is 48.7 Å². The van der Waals surface area contributed by atoms with Crippen LogP contribution in [0.3, 0.4) is 0 Å². The summed E-state index contributed by atoms with van der Waals surface area (Å²) in [6.07, 6.45) is 4.88. The predicted octanol–water partition coefficient (Wildman–Crippen LogP) is 3.76. The quantitative estimate of drug-likeness (QED) is 0.801. The van der Waals surface area contributed by atoms with Crippen LogP contribution in [0.2, 0.25) is 0 Å². The Morgan fingerprint density at radius 3 is 2.67 bits per heavy atom. The normalized spacial score (nSPS) is 12.1. The number of nitrogens with zero attached hydrogens (tertiary/aromatic N) is 1. The molecule has 112 valence electrons. The minimum atomic E-state index is 0.359. The zero-order valence-corrected chi connectivity index (χ0v) is 12.9. The van der Waals surface area contributed by atoms with Gasteiger partial charge in [0, 0.05) is 12.2 Å². The van der Waals surface area contributed by atoms with E-state index >= 15 is 0 Å². The zero-order valence-electron chi connectivity index (χ0n) is 12.9. The van der Waals surface area contributed by atoms with Crippen molar-refractivity contribution in [1.82, 2.24) is 10.3 Å². The third kappa shape index (κ3) is 4.57. The highest BCUT2D eigenvalue weighted by molar-refractivity contribution is 5.27. The number of ether oxygens (including phenoxy) is 1. The summed E-state index contributed by atoms with van der Waals surface area (Å²) in [5.41, 5.74) is 2.36. The zero-order chi connectivity index (χ0) is 14.9. The average Bonchev–Trinajstić information content (AvgIpc) is 2.56. The molecule has 0 aliphatic carbocycles. The maximum Gasteiger partial charge on any atom is 0.140 e. The molecule has 0 radical (unpaired) electrons. The molecule has 21 heavy (non-hydrogen) atoms. The van der Waals surface area contributed by atoms with Gasteiger partial charge in [0.1, 0.15) is 5.75 Å². The standard InChI is InChI=1S/C18H24N2O/c1-3-13-19-16(15-8-5-4-6-9-15)11-12-17-18(21-2)10-7-14-20-17/h4-10,14,16,19H,3,11-13H2,1-2H3. The first-order valence-electron chi connectivity index (χ1n) is 7.61. The van der Waals surface area contributed by atoms with E-state index in [-0.39, 0.29) is 0 Å². The largest absolute Gasteiger partial charge is 0.495 e. The van der Waals surface area contributed by atoms with Crippen LogP contribution in [0.1, 0.15) is 37.1 Å². The van der Waals surface area contributed by atoms with Gasteiger partial charge in [0.25, 0.3) is 0 Å². The molecular formula is C18H24N2O. The number of aromatic nitrogens is 1. The average molecular weight is 284 g/mol. The van der Waals surface area contributed by atoms with Crippen molar-refractivity contribution < 1.29 is 4.74 Å². The van der Waals surface area contributed by atoms with Crippen molar-refractivity contribution in [2.45, 2.75) is 32.2 Å². The van der Waals surface area contributed by atoms with Crippen LogP contribution in [0.5, 0.6) is 5.75 Å². The van der Waals surface area contributed by atoms with Gasteiger partial charge in [-0.2, -0.15) is 0 Å². The highest BCUT2D eigenvalue weighted by Crippen LogP contribution is 2.22. The highest BCUT2D eigenvalue weighted by atomic mass is 16.5. The molecule has 3 heteroatoms. The van der Waals surface area contributed by atoms with Gasteiger partial charge in [-0.05, 0) is 43.5 Å². The van der Waals surface area contributed by atoms with E-state index in [1.165, 1.54) is 5.56 Å². The number of hydrogen-bond acceptors (Lipinski definition) is 3. The summed E-state index contributed by atoms with van der Waals surface area (Å²) in [4.78, 5) is 4.44. The summed E-state index contributed by atoms with van der Waals surface area (Å²) < 4.78 is 5.38. The fraction of sp³-hybridized carbons (Fsp3) is 0.389. The lowest BCUT2D eigenvalue weighted by Gasteiger charge is -2.19. The van der Waals surface area contributed by atoms with Gasteiger partial charge < -0.3 is 10.1 Å². The lowest BCUT2D eigenvalue weighted by molar-refractivity contribution is 0.403. The van der Waals surface area contributed by atoms with Gasteiger partial charge in [0.15, 0.2) is 0 Å². The van der Waals surface area contributed by atoms with Crippen molar-refractivity contribution in [2.75, 3.05) is 13.7 Å². The van der Waals surface area contributed by atoms with E-state index in [2.05, 4.69) is 47.6 Å². The van der Waals surface area contributed by atoms with E-state index in [1.807, 2.05) is 18.3 Å². The van der Waals surface area contributed by atoms with Crippen molar-refractivity contribution in [3.63, 3.8) is 0 Å². The lowest BCUT2D eigenvalue weighted by atomic mass is 10.0. The molecule has 1 aromatic heterocycles. The molecule has 0 bridgehead atoms. The second-order valence-corrected chi connectivity index (χ2v) is 5.11. The molecular weight excluding hydrogens is 260 g/mol. The molecule has 0 aliphatic rings. The second kappa shape index (κ2) is 8.42. The SMILES string of the molecule is CCCNC(CCc1ncccc1OC)c1ccccc1. The Bertz CT molecular complexity index is 528. The minimum absolute atomic E-state index is 0.359. The number of benzene rings is 1. The van der Waals surface area contributed by atoms with Crippen LogP contribution in [0.4, 0.5) is 0 Å². The number of aryl methyl sites for hydroxylation is 1. The van der Waals surface area contributed by atoms with Crippen LogP contribution in [-0.4, -0.2) is 18.6 Å². The van der Waals surface area contributed by atoms with Crippen molar-refractivity contribution >= 4 is 0 Å². The first kappa shape index (κ1) is 15.5. The highest BCUT2D eigenvalue weighted by Gasteiger charge is 2.12. The predicted molar refractivity (Wildman–Crippen MR) is 86.6 cm³/mol.